The lowest BCUT2D eigenvalue weighted by molar-refractivity contribution is 0.0742. The van der Waals surface area contributed by atoms with Crippen molar-refractivity contribution < 1.29 is 19.2 Å². The Hall–Kier alpha value is -3.68. The van der Waals surface area contributed by atoms with Crippen LogP contribution in [0.4, 0.5) is 0 Å². The molecule has 0 aromatic heterocycles. The van der Waals surface area contributed by atoms with Crippen LogP contribution in [-0.2, 0) is 0 Å². The molecule has 2 heterocycles. The lowest BCUT2D eigenvalue weighted by Crippen LogP contribution is -2.33. The predicted molar refractivity (Wildman–Crippen MR) is 185 cm³/mol. The lowest BCUT2D eigenvalue weighted by atomic mass is 10.1. The fraction of sp³-hybridized carbons (Fsp3) is 0.579. The molecule has 2 aromatic carbocycles. The number of hydrogen-bond acceptors (Lipinski definition) is 4. The molecule has 46 heavy (non-hydrogen) atoms. The molecule has 2 saturated heterocycles. The molecular formula is C38H56N4O4. The Morgan fingerprint density at radius 3 is 0.761 bits per heavy atom. The van der Waals surface area contributed by atoms with Gasteiger partial charge in [0.1, 0.15) is 0 Å². The summed E-state index contributed by atoms with van der Waals surface area (Å²) in [6.07, 6.45) is 22.2. The molecule has 0 bridgehead atoms. The number of amides is 4. The molecule has 0 spiro atoms. The summed E-state index contributed by atoms with van der Waals surface area (Å²) in [7, 11) is 0. The summed E-state index contributed by atoms with van der Waals surface area (Å²) < 4.78 is 0. The SMILES string of the molecule is NC(=O)c1ccc(C(=O)N2CCCCCCCCCC2)cc1.NC(=O)c1ccc(C(=O)N2CCCCCCCCCCCC2)cc1. The molecule has 4 amide bonds. The third-order valence-electron chi connectivity index (χ3n) is 9.12. The van der Waals surface area contributed by atoms with E-state index in [-0.39, 0.29) is 11.8 Å². The molecule has 2 aromatic rings. The van der Waals surface area contributed by atoms with Crippen molar-refractivity contribution in [1.82, 2.24) is 9.80 Å². The van der Waals surface area contributed by atoms with E-state index < -0.39 is 11.8 Å². The van der Waals surface area contributed by atoms with Crippen molar-refractivity contribution in [2.75, 3.05) is 26.2 Å². The average molecular weight is 633 g/mol. The minimum absolute atomic E-state index is 0.0651. The molecule has 0 radical (unpaired) electrons. The smallest absolute Gasteiger partial charge is 0.253 e. The quantitative estimate of drug-likeness (QED) is 0.362. The Balaban J connectivity index is 0.000000251. The Morgan fingerprint density at radius 2 is 0.543 bits per heavy atom. The summed E-state index contributed by atoms with van der Waals surface area (Å²) in [4.78, 5) is 51.6. The van der Waals surface area contributed by atoms with Crippen LogP contribution in [0.3, 0.4) is 0 Å². The normalized spacial score (nSPS) is 17.8. The van der Waals surface area contributed by atoms with Gasteiger partial charge in [-0.25, -0.2) is 0 Å². The van der Waals surface area contributed by atoms with E-state index in [2.05, 4.69) is 0 Å². The Labute approximate surface area is 276 Å². The predicted octanol–water partition coefficient (Wildman–Crippen LogP) is 7.50. The summed E-state index contributed by atoms with van der Waals surface area (Å²) >= 11 is 0. The highest BCUT2D eigenvalue weighted by atomic mass is 16.2. The van der Waals surface area contributed by atoms with Crippen LogP contribution in [-0.4, -0.2) is 59.6 Å². The molecule has 2 fully saturated rings. The molecule has 8 nitrogen and oxygen atoms in total. The standard InChI is InChI=1S/C20H30N2O2.C18H26N2O2/c21-19(23)17-11-13-18(14-12-17)20(24)22-15-9-7-5-3-1-2-4-6-8-10-16-22;19-17(21)15-9-11-16(12-10-15)18(22)20-13-7-5-3-1-2-4-6-8-14-20/h11-14H,1-10,15-16H2,(H2,21,23);9-12H,1-8,13-14H2,(H2,19,21). The van der Waals surface area contributed by atoms with E-state index in [1.54, 1.807) is 48.5 Å². The number of nitrogens with zero attached hydrogens (tertiary/aromatic N) is 2. The molecule has 8 heteroatoms. The number of hydrogen-bond donors (Lipinski definition) is 2. The maximum absolute atomic E-state index is 12.8. The first-order chi connectivity index (χ1) is 22.4. The molecule has 0 atom stereocenters. The summed E-state index contributed by atoms with van der Waals surface area (Å²) in [5, 5.41) is 0. The monoisotopic (exact) mass is 632 g/mol. The van der Waals surface area contributed by atoms with Crippen LogP contribution >= 0.6 is 0 Å². The molecular weight excluding hydrogens is 576 g/mol. The minimum atomic E-state index is -0.464. The van der Waals surface area contributed by atoms with E-state index in [9.17, 15) is 19.2 Å². The van der Waals surface area contributed by atoms with E-state index in [0.717, 1.165) is 51.9 Å². The van der Waals surface area contributed by atoms with Crippen molar-refractivity contribution in [2.45, 2.75) is 116 Å². The number of primary amides is 2. The Kier molecular flexibility index (Phi) is 16.9. The van der Waals surface area contributed by atoms with E-state index in [1.165, 1.54) is 89.9 Å². The minimum Gasteiger partial charge on any atom is -0.366 e. The van der Waals surface area contributed by atoms with Crippen LogP contribution < -0.4 is 11.5 Å². The molecule has 0 aliphatic carbocycles. The van der Waals surface area contributed by atoms with Gasteiger partial charge < -0.3 is 21.3 Å². The van der Waals surface area contributed by atoms with Gasteiger partial charge in [0.25, 0.3) is 11.8 Å². The van der Waals surface area contributed by atoms with Crippen molar-refractivity contribution >= 4 is 23.6 Å². The van der Waals surface area contributed by atoms with Crippen LogP contribution in [0.1, 0.15) is 157 Å². The Bertz CT molecular complexity index is 1190. The molecule has 2 aliphatic heterocycles. The van der Waals surface area contributed by atoms with Crippen molar-refractivity contribution in [3.8, 4) is 0 Å². The second-order valence-electron chi connectivity index (χ2n) is 12.8. The first kappa shape index (κ1) is 36.8. The fourth-order valence-electron chi connectivity index (χ4n) is 6.23. The number of carbonyl (C=O) groups excluding carboxylic acids is 4. The van der Waals surface area contributed by atoms with E-state index in [0.29, 0.717) is 22.3 Å². The van der Waals surface area contributed by atoms with Crippen LogP contribution in [0.5, 0.6) is 0 Å². The van der Waals surface area contributed by atoms with Gasteiger partial charge in [-0.3, -0.25) is 19.2 Å². The first-order valence-corrected chi connectivity index (χ1v) is 17.7. The van der Waals surface area contributed by atoms with Gasteiger partial charge in [-0.1, -0.05) is 89.9 Å². The molecule has 4 rings (SSSR count). The van der Waals surface area contributed by atoms with Crippen LogP contribution in [0.2, 0.25) is 0 Å². The van der Waals surface area contributed by atoms with Gasteiger partial charge in [0.15, 0.2) is 0 Å². The molecule has 4 N–H and O–H groups in total. The van der Waals surface area contributed by atoms with Gasteiger partial charge in [-0.2, -0.15) is 0 Å². The molecule has 0 saturated carbocycles. The number of rotatable bonds is 4. The highest BCUT2D eigenvalue weighted by molar-refractivity contribution is 5.98. The zero-order valence-corrected chi connectivity index (χ0v) is 27.9. The van der Waals surface area contributed by atoms with Crippen LogP contribution in [0.15, 0.2) is 48.5 Å². The third-order valence-corrected chi connectivity index (χ3v) is 9.12. The van der Waals surface area contributed by atoms with Gasteiger partial charge >= 0.3 is 0 Å². The van der Waals surface area contributed by atoms with Gasteiger partial charge in [0.05, 0.1) is 0 Å². The van der Waals surface area contributed by atoms with Gasteiger partial charge in [-0.15, -0.1) is 0 Å². The maximum Gasteiger partial charge on any atom is 0.253 e. The summed E-state index contributed by atoms with van der Waals surface area (Å²) in [5.74, 6) is -0.790. The molecule has 2 aliphatic rings. The van der Waals surface area contributed by atoms with Crippen molar-refractivity contribution in [2.24, 2.45) is 11.5 Å². The topological polar surface area (TPSA) is 127 Å². The number of nitrogens with two attached hydrogens (primary N) is 2. The second-order valence-corrected chi connectivity index (χ2v) is 12.8. The first-order valence-electron chi connectivity index (χ1n) is 17.7. The maximum atomic E-state index is 12.8. The summed E-state index contributed by atoms with van der Waals surface area (Å²) in [6, 6.07) is 13.4. The molecule has 252 valence electrons. The summed E-state index contributed by atoms with van der Waals surface area (Å²) in [6.45, 7) is 3.32. The van der Waals surface area contributed by atoms with E-state index in [1.807, 2.05) is 9.80 Å². The lowest BCUT2D eigenvalue weighted by Gasteiger charge is -2.23. The summed E-state index contributed by atoms with van der Waals surface area (Å²) in [5.41, 5.74) is 12.7. The third kappa shape index (κ3) is 13.4. The molecule has 0 unspecified atom stereocenters. The highest BCUT2D eigenvalue weighted by Gasteiger charge is 2.17. The van der Waals surface area contributed by atoms with Gasteiger partial charge in [0.2, 0.25) is 11.8 Å². The van der Waals surface area contributed by atoms with Gasteiger partial charge in [0, 0.05) is 48.4 Å². The van der Waals surface area contributed by atoms with Crippen molar-refractivity contribution in [1.29, 1.82) is 0 Å². The number of benzene rings is 2. The zero-order valence-electron chi connectivity index (χ0n) is 27.9. The van der Waals surface area contributed by atoms with E-state index in [4.69, 9.17) is 11.5 Å². The zero-order chi connectivity index (χ0) is 33.0. The second kappa shape index (κ2) is 21.2. The Morgan fingerprint density at radius 1 is 0.348 bits per heavy atom. The van der Waals surface area contributed by atoms with Crippen molar-refractivity contribution in [3.05, 3.63) is 70.8 Å². The van der Waals surface area contributed by atoms with Gasteiger partial charge in [-0.05, 0) is 74.2 Å². The number of carbonyl (C=O) groups is 4. The highest BCUT2D eigenvalue weighted by Crippen LogP contribution is 2.17. The van der Waals surface area contributed by atoms with E-state index >= 15 is 0 Å². The van der Waals surface area contributed by atoms with Crippen molar-refractivity contribution in [3.63, 3.8) is 0 Å². The fourth-order valence-corrected chi connectivity index (χ4v) is 6.23. The van der Waals surface area contributed by atoms with Crippen LogP contribution in [0.25, 0.3) is 0 Å². The van der Waals surface area contributed by atoms with Crippen LogP contribution in [0, 0.1) is 0 Å². The largest absolute Gasteiger partial charge is 0.366 e. The average Bonchev–Trinajstić information content (AvgIpc) is 3.11.